The number of rotatable bonds is 4. The summed E-state index contributed by atoms with van der Waals surface area (Å²) in [6.07, 6.45) is 9.42. The second kappa shape index (κ2) is 6.27. The Bertz CT molecular complexity index is 474. The monoisotopic (exact) mass is 288 g/mol. The smallest absolute Gasteiger partial charge is 0.141 e. The number of hydrogen-bond acceptors (Lipinski definition) is 3. The lowest BCUT2D eigenvalue weighted by atomic mass is 9.78. The molecule has 0 aromatic heterocycles. The Hall–Kier alpha value is -1.22. The summed E-state index contributed by atoms with van der Waals surface area (Å²) in [6.45, 7) is 3.75. The van der Waals surface area contributed by atoms with E-state index in [9.17, 15) is 0 Å². The van der Waals surface area contributed by atoms with Gasteiger partial charge in [0.15, 0.2) is 0 Å². The molecule has 1 aromatic rings. The van der Waals surface area contributed by atoms with Gasteiger partial charge in [0, 0.05) is 12.0 Å². The summed E-state index contributed by atoms with van der Waals surface area (Å²) < 4.78 is 5.31. The van der Waals surface area contributed by atoms with Crippen LogP contribution in [-0.4, -0.2) is 31.6 Å². The summed E-state index contributed by atoms with van der Waals surface area (Å²) in [5.41, 5.74) is 8.67. The van der Waals surface area contributed by atoms with Crippen molar-refractivity contribution in [2.45, 2.75) is 50.4 Å². The molecular weight excluding hydrogens is 260 g/mol. The first-order valence-electron chi connectivity index (χ1n) is 8.40. The van der Waals surface area contributed by atoms with E-state index in [4.69, 9.17) is 10.5 Å². The highest BCUT2D eigenvalue weighted by Crippen LogP contribution is 2.43. The summed E-state index contributed by atoms with van der Waals surface area (Å²) in [7, 11) is 1.68. The minimum Gasteiger partial charge on any atom is -0.495 e. The highest BCUT2D eigenvalue weighted by Gasteiger charge is 2.37. The van der Waals surface area contributed by atoms with E-state index in [1.165, 1.54) is 70.1 Å². The molecule has 3 nitrogen and oxygen atoms in total. The SMILES string of the molecule is COc1ccc(C2(CN3CCCCC3)CCCC2)cc1N. The predicted molar refractivity (Wildman–Crippen MR) is 87.8 cm³/mol. The van der Waals surface area contributed by atoms with Crippen LogP contribution in [0.15, 0.2) is 18.2 Å². The molecule has 1 aromatic carbocycles. The zero-order chi connectivity index (χ0) is 14.7. The molecular formula is C18H28N2O. The summed E-state index contributed by atoms with van der Waals surface area (Å²) >= 11 is 0. The van der Waals surface area contributed by atoms with Gasteiger partial charge in [-0.05, 0) is 56.5 Å². The van der Waals surface area contributed by atoms with E-state index in [0.717, 1.165) is 11.4 Å². The van der Waals surface area contributed by atoms with E-state index in [1.807, 2.05) is 6.07 Å². The summed E-state index contributed by atoms with van der Waals surface area (Å²) in [4.78, 5) is 2.68. The molecule has 0 amide bonds. The maximum atomic E-state index is 6.15. The van der Waals surface area contributed by atoms with Gasteiger partial charge in [0.1, 0.15) is 5.75 Å². The van der Waals surface area contributed by atoms with Gasteiger partial charge in [0.25, 0.3) is 0 Å². The number of nitrogen functional groups attached to an aromatic ring is 1. The van der Waals surface area contributed by atoms with Crippen molar-refractivity contribution < 1.29 is 4.74 Å². The maximum absolute atomic E-state index is 6.15. The number of ether oxygens (including phenoxy) is 1. The Morgan fingerprint density at radius 3 is 2.43 bits per heavy atom. The molecule has 1 aliphatic heterocycles. The van der Waals surface area contributed by atoms with Crippen molar-refractivity contribution in [2.75, 3.05) is 32.5 Å². The molecule has 3 heteroatoms. The largest absolute Gasteiger partial charge is 0.495 e. The molecule has 1 saturated carbocycles. The van der Waals surface area contributed by atoms with E-state index in [-0.39, 0.29) is 0 Å². The number of piperidine rings is 1. The number of anilines is 1. The second-order valence-corrected chi connectivity index (χ2v) is 6.78. The lowest BCUT2D eigenvalue weighted by Gasteiger charge is -2.38. The quantitative estimate of drug-likeness (QED) is 0.861. The molecule has 21 heavy (non-hydrogen) atoms. The van der Waals surface area contributed by atoms with E-state index in [1.54, 1.807) is 7.11 Å². The van der Waals surface area contributed by atoms with Gasteiger partial charge in [-0.3, -0.25) is 0 Å². The number of nitrogens with two attached hydrogens (primary N) is 1. The van der Waals surface area contributed by atoms with Gasteiger partial charge >= 0.3 is 0 Å². The normalized spacial score (nSPS) is 22.3. The van der Waals surface area contributed by atoms with Crippen LogP contribution in [-0.2, 0) is 5.41 Å². The van der Waals surface area contributed by atoms with Crippen LogP contribution in [0, 0.1) is 0 Å². The summed E-state index contributed by atoms with van der Waals surface area (Å²) in [6, 6.07) is 6.44. The fraction of sp³-hybridized carbons (Fsp3) is 0.667. The van der Waals surface area contributed by atoms with E-state index >= 15 is 0 Å². The topological polar surface area (TPSA) is 38.5 Å². The van der Waals surface area contributed by atoms with Crippen molar-refractivity contribution >= 4 is 5.69 Å². The Morgan fingerprint density at radius 2 is 1.81 bits per heavy atom. The predicted octanol–water partition coefficient (Wildman–Crippen LogP) is 3.58. The van der Waals surface area contributed by atoms with Crippen LogP contribution in [0.5, 0.6) is 5.75 Å². The fourth-order valence-corrected chi connectivity index (χ4v) is 4.20. The van der Waals surface area contributed by atoms with Crippen LogP contribution in [0.3, 0.4) is 0 Å². The van der Waals surface area contributed by atoms with Crippen molar-refractivity contribution in [3.63, 3.8) is 0 Å². The van der Waals surface area contributed by atoms with Gasteiger partial charge in [-0.25, -0.2) is 0 Å². The average Bonchev–Trinajstić information content (AvgIpc) is 2.98. The second-order valence-electron chi connectivity index (χ2n) is 6.78. The number of hydrogen-bond donors (Lipinski definition) is 1. The van der Waals surface area contributed by atoms with Gasteiger partial charge in [0.2, 0.25) is 0 Å². The number of nitrogens with zero attached hydrogens (tertiary/aromatic N) is 1. The molecule has 0 unspecified atom stereocenters. The highest BCUT2D eigenvalue weighted by atomic mass is 16.5. The van der Waals surface area contributed by atoms with Crippen LogP contribution >= 0.6 is 0 Å². The van der Waals surface area contributed by atoms with Gasteiger partial charge in [0.05, 0.1) is 12.8 Å². The van der Waals surface area contributed by atoms with Crippen molar-refractivity contribution in [3.05, 3.63) is 23.8 Å². The first-order chi connectivity index (χ1) is 10.2. The molecule has 2 aliphatic rings. The van der Waals surface area contributed by atoms with Gasteiger partial charge in [-0.2, -0.15) is 0 Å². The molecule has 116 valence electrons. The molecule has 2 fully saturated rings. The number of methoxy groups -OCH3 is 1. The van der Waals surface area contributed by atoms with Crippen molar-refractivity contribution in [2.24, 2.45) is 0 Å². The van der Waals surface area contributed by atoms with Gasteiger partial charge in [-0.1, -0.05) is 25.3 Å². The minimum atomic E-state index is 0.317. The Morgan fingerprint density at radius 1 is 1.10 bits per heavy atom. The molecule has 1 heterocycles. The van der Waals surface area contributed by atoms with E-state index < -0.39 is 0 Å². The Labute approximate surface area is 128 Å². The zero-order valence-corrected chi connectivity index (χ0v) is 13.2. The van der Waals surface area contributed by atoms with Crippen LogP contribution in [0.4, 0.5) is 5.69 Å². The number of likely N-dealkylation sites (tertiary alicyclic amines) is 1. The van der Waals surface area contributed by atoms with Crippen LogP contribution in [0.1, 0.15) is 50.5 Å². The molecule has 0 atom stereocenters. The Kier molecular flexibility index (Phi) is 4.39. The maximum Gasteiger partial charge on any atom is 0.141 e. The third kappa shape index (κ3) is 3.03. The molecule has 0 bridgehead atoms. The van der Waals surface area contributed by atoms with Crippen LogP contribution < -0.4 is 10.5 Å². The van der Waals surface area contributed by atoms with Crippen molar-refractivity contribution in [1.82, 2.24) is 4.90 Å². The third-order valence-corrected chi connectivity index (χ3v) is 5.38. The van der Waals surface area contributed by atoms with Crippen molar-refractivity contribution in [3.8, 4) is 5.75 Å². The molecule has 1 saturated heterocycles. The minimum absolute atomic E-state index is 0.317. The van der Waals surface area contributed by atoms with Crippen LogP contribution in [0.25, 0.3) is 0 Å². The third-order valence-electron chi connectivity index (χ3n) is 5.38. The highest BCUT2D eigenvalue weighted by molar-refractivity contribution is 5.55. The first-order valence-corrected chi connectivity index (χ1v) is 8.40. The van der Waals surface area contributed by atoms with E-state index in [0.29, 0.717) is 5.41 Å². The van der Waals surface area contributed by atoms with Crippen molar-refractivity contribution in [1.29, 1.82) is 0 Å². The Balaban J connectivity index is 1.84. The molecule has 0 radical (unpaired) electrons. The first kappa shape index (κ1) is 14.7. The molecule has 0 spiro atoms. The molecule has 1 aliphatic carbocycles. The summed E-state index contributed by atoms with van der Waals surface area (Å²) in [5.74, 6) is 0.796. The summed E-state index contributed by atoms with van der Waals surface area (Å²) in [5, 5.41) is 0. The lowest BCUT2D eigenvalue weighted by Crippen LogP contribution is -2.41. The number of benzene rings is 1. The molecule has 2 N–H and O–H groups in total. The standard InChI is InChI=1S/C18H28N2O/c1-21-17-8-7-15(13-16(17)19)18(9-3-4-10-18)14-20-11-5-2-6-12-20/h7-8,13H,2-6,9-12,14,19H2,1H3. The van der Waals surface area contributed by atoms with E-state index in [2.05, 4.69) is 17.0 Å². The van der Waals surface area contributed by atoms with Gasteiger partial charge in [-0.15, -0.1) is 0 Å². The zero-order valence-electron chi connectivity index (χ0n) is 13.2. The molecule has 3 rings (SSSR count). The average molecular weight is 288 g/mol. The van der Waals surface area contributed by atoms with Gasteiger partial charge < -0.3 is 15.4 Å². The van der Waals surface area contributed by atoms with Crippen LogP contribution in [0.2, 0.25) is 0 Å². The lowest BCUT2D eigenvalue weighted by molar-refractivity contribution is 0.176. The fourth-order valence-electron chi connectivity index (χ4n) is 4.20.